The van der Waals surface area contributed by atoms with Crippen LogP contribution in [-0.2, 0) is 4.84 Å². The van der Waals surface area contributed by atoms with Crippen LogP contribution in [0.15, 0.2) is 33.2 Å². The molecule has 0 radical (unpaired) electrons. The Bertz CT molecular complexity index is 838. The largest absolute Gasteiger partial charge is 0.298 e. The van der Waals surface area contributed by atoms with Gasteiger partial charge in [0, 0.05) is 12.6 Å². The van der Waals surface area contributed by atoms with Crippen LogP contribution in [0.5, 0.6) is 0 Å². The minimum Gasteiger partial charge on any atom is -0.298 e. The van der Waals surface area contributed by atoms with Crippen LogP contribution in [0.4, 0.5) is 8.78 Å². The van der Waals surface area contributed by atoms with E-state index >= 15 is 0 Å². The zero-order valence-corrected chi connectivity index (χ0v) is 18.0. The molecule has 0 fully saturated rings. The van der Waals surface area contributed by atoms with Crippen molar-refractivity contribution in [3.05, 3.63) is 66.0 Å². The number of carbonyl (C=O) groups excluding carboxylic acids is 2. The first-order valence-electron chi connectivity index (χ1n) is 6.70. The Labute approximate surface area is 182 Å². The molecule has 0 aliphatic heterocycles. The van der Waals surface area contributed by atoms with Crippen molar-refractivity contribution in [1.82, 2.24) is 5.06 Å². The Morgan fingerprint density at radius 3 is 2.04 bits per heavy atom. The van der Waals surface area contributed by atoms with Gasteiger partial charge in [0.1, 0.15) is 0 Å². The number of aldehydes is 1. The van der Waals surface area contributed by atoms with E-state index in [0.29, 0.717) is 6.29 Å². The van der Waals surface area contributed by atoms with Gasteiger partial charge in [0.25, 0.3) is 5.91 Å². The third-order valence-electron chi connectivity index (χ3n) is 3.02. The number of amides is 1. The smallest absolute Gasteiger partial charge is 0.278 e. The number of hydroxylamine groups is 2. The number of rotatable bonds is 3. The second-order valence-corrected chi connectivity index (χ2v) is 6.99. The highest BCUT2D eigenvalue weighted by atomic mass is 79.9. The quantitative estimate of drug-likeness (QED) is 0.247. The lowest BCUT2D eigenvalue weighted by Gasteiger charge is -2.14. The maximum Gasteiger partial charge on any atom is 0.278 e. The van der Waals surface area contributed by atoms with E-state index in [9.17, 15) is 18.4 Å². The van der Waals surface area contributed by atoms with E-state index < -0.39 is 17.5 Å². The van der Waals surface area contributed by atoms with Crippen molar-refractivity contribution >= 4 is 67.3 Å². The zero-order valence-electron chi connectivity index (χ0n) is 13.3. The third kappa shape index (κ3) is 6.50. The molecule has 0 saturated heterocycles. The highest BCUT2D eigenvalue weighted by Crippen LogP contribution is 2.27. The molecule has 10 heteroatoms. The van der Waals surface area contributed by atoms with Crippen molar-refractivity contribution < 1.29 is 23.2 Å². The molecule has 2 rings (SSSR count). The lowest BCUT2D eigenvalue weighted by molar-refractivity contribution is -0.0757. The maximum atomic E-state index is 13.3. The molecule has 148 valence electrons. The topological polar surface area (TPSA) is 46.6 Å². The molecule has 0 aliphatic carbocycles. The molecule has 0 saturated carbocycles. The van der Waals surface area contributed by atoms with E-state index in [1.54, 1.807) is 0 Å². The highest BCUT2D eigenvalue weighted by Gasteiger charge is 2.18. The first-order chi connectivity index (χ1) is 12.1. The molecular weight excluding hydrogens is 535 g/mol. The molecule has 0 spiro atoms. The molecule has 27 heavy (non-hydrogen) atoms. The van der Waals surface area contributed by atoms with Gasteiger partial charge in [-0.3, -0.25) is 14.4 Å². The van der Waals surface area contributed by atoms with Gasteiger partial charge in [-0.25, -0.2) is 13.8 Å². The fraction of sp³-hybridized carbons (Fsp3) is 0.176. The molecule has 0 aromatic heterocycles. The van der Waals surface area contributed by atoms with Crippen molar-refractivity contribution in [2.75, 3.05) is 14.2 Å². The summed E-state index contributed by atoms with van der Waals surface area (Å²) in [4.78, 5) is 26.6. The summed E-state index contributed by atoms with van der Waals surface area (Å²) in [7, 11) is 2.78. The number of halogens is 6. The summed E-state index contributed by atoms with van der Waals surface area (Å²) in [5, 5.41) is 0.953. The molecule has 0 atom stereocenters. The monoisotopic (exact) mass is 547 g/mol. The van der Waals surface area contributed by atoms with E-state index in [4.69, 9.17) is 28.0 Å². The number of nitrogens with zero attached hydrogens (tertiary/aromatic N) is 1. The molecule has 0 unspecified atom stereocenters. The predicted molar refractivity (Wildman–Crippen MR) is 109 cm³/mol. The van der Waals surface area contributed by atoms with Gasteiger partial charge in [0.15, 0.2) is 17.9 Å². The van der Waals surface area contributed by atoms with Crippen LogP contribution in [0.1, 0.15) is 28.1 Å². The van der Waals surface area contributed by atoms with E-state index in [-0.39, 0.29) is 37.5 Å². The average Bonchev–Trinajstić information content (AvgIpc) is 2.64. The van der Waals surface area contributed by atoms with E-state index in [1.807, 2.05) is 0 Å². The first-order valence-corrected chi connectivity index (χ1v) is 9.04. The van der Waals surface area contributed by atoms with Crippen molar-refractivity contribution in [2.24, 2.45) is 0 Å². The van der Waals surface area contributed by atoms with Gasteiger partial charge in [-0.1, -0.05) is 30.6 Å². The van der Waals surface area contributed by atoms with Crippen LogP contribution in [0.25, 0.3) is 0 Å². The van der Waals surface area contributed by atoms with E-state index in [0.717, 1.165) is 5.06 Å². The Hall–Kier alpha value is -1.06. The van der Waals surface area contributed by atoms with Gasteiger partial charge in [0.2, 0.25) is 0 Å². The molecule has 0 N–H and O–H groups in total. The van der Waals surface area contributed by atoms with Gasteiger partial charge in [-0.15, -0.1) is 0 Å². The lowest BCUT2D eigenvalue weighted by atomic mass is 10.2. The summed E-state index contributed by atoms with van der Waals surface area (Å²) in [6, 6.07) is 5.53. The van der Waals surface area contributed by atoms with Gasteiger partial charge >= 0.3 is 0 Å². The van der Waals surface area contributed by atoms with Gasteiger partial charge in [-0.05, 0) is 56.1 Å². The highest BCUT2D eigenvalue weighted by molar-refractivity contribution is 9.10. The van der Waals surface area contributed by atoms with Crippen molar-refractivity contribution in [3.8, 4) is 0 Å². The predicted octanol–water partition coefficient (Wildman–Crippen LogP) is 6.57. The van der Waals surface area contributed by atoms with E-state index in [1.165, 1.54) is 38.4 Å². The van der Waals surface area contributed by atoms with E-state index in [2.05, 4.69) is 31.9 Å². The Morgan fingerprint density at radius 2 is 1.56 bits per heavy atom. The Kier molecular flexibility index (Phi) is 11.2. The van der Waals surface area contributed by atoms with Crippen LogP contribution < -0.4 is 0 Å². The van der Waals surface area contributed by atoms with Gasteiger partial charge in [-0.2, -0.15) is 0 Å². The Morgan fingerprint density at radius 1 is 1.07 bits per heavy atom. The van der Waals surface area contributed by atoms with Crippen molar-refractivity contribution in [1.29, 1.82) is 0 Å². The molecule has 4 nitrogen and oxygen atoms in total. The molecule has 0 aliphatic rings. The third-order valence-corrected chi connectivity index (χ3v) is 5.18. The number of hydrogen-bond acceptors (Lipinski definition) is 3. The Balaban J connectivity index is 0.000000504. The molecular formula is C17H15Br2Cl2F2NO3. The standard InChI is InChI=1S/C9H8BrClFNO2.C7H3BrClFO.CH4/c1-13(15-2)9(14)5-3-4-6(11)8(12)7(5)10;8-6-4(3-11)1-2-5(9)7(6)10;/h3-4H,1-2H3;1-3H;1H4. The van der Waals surface area contributed by atoms with Crippen molar-refractivity contribution in [2.45, 2.75) is 7.43 Å². The maximum absolute atomic E-state index is 13.3. The summed E-state index contributed by atoms with van der Waals surface area (Å²) in [5.74, 6) is -1.72. The SMILES string of the molecule is C.CON(C)C(=O)c1ccc(Cl)c(F)c1Br.O=Cc1ccc(Cl)c(F)c1Br. The van der Waals surface area contributed by atoms with Gasteiger partial charge in [0.05, 0.1) is 31.7 Å². The number of carbonyl (C=O) groups is 2. The fourth-order valence-electron chi connectivity index (χ4n) is 1.58. The zero-order chi connectivity index (χ0) is 20.0. The van der Waals surface area contributed by atoms with Crippen LogP contribution in [-0.4, -0.2) is 31.4 Å². The average molecular weight is 550 g/mol. The van der Waals surface area contributed by atoms with Gasteiger partial charge < -0.3 is 0 Å². The van der Waals surface area contributed by atoms with Crippen LogP contribution in [0.2, 0.25) is 10.0 Å². The van der Waals surface area contributed by atoms with Crippen LogP contribution >= 0.6 is 55.1 Å². The summed E-state index contributed by atoms with van der Waals surface area (Å²) < 4.78 is 26.3. The number of benzene rings is 2. The first kappa shape index (κ1) is 25.9. The molecule has 1 amide bonds. The normalized spacial score (nSPS) is 9.63. The number of hydrogen-bond donors (Lipinski definition) is 0. The second-order valence-electron chi connectivity index (χ2n) is 4.59. The van der Waals surface area contributed by atoms with Crippen LogP contribution in [0, 0.1) is 11.6 Å². The summed E-state index contributed by atoms with van der Waals surface area (Å²) >= 11 is 16.8. The summed E-state index contributed by atoms with van der Waals surface area (Å²) in [6.07, 6.45) is 0.559. The molecule has 0 bridgehead atoms. The summed E-state index contributed by atoms with van der Waals surface area (Å²) in [6.45, 7) is 0. The van der Waals surface area contributed by atoms with Crippen LogP contribution in [0.3, 0.4) is 0 Å². The van der Waals surface area contributed by atoms with Crippen molar-refractivity contribution in [3.63, 3.8) is 0 Å². The lowest BCUT2D eigenvalue weighted by Crippen LogP contribution is -2.25. The minimum absolute atomic E-state index is 0. The second kappa shape index (κ2) is 11.7. The fourth-order valence-corrected chi connectivity index (χ4v) is 3.07. The summed E-state index contributed by atoms with van der Waals surface area (Å²) in [5.41, 5.74) is 0.410. The minimum atomic E-state index is -0.660. The molecule has 2 aromatic carbocycles. The molecule has 0 heterocycles. The molecule has 2 aromatic rings.